The molecule has 1 aliphatic rings. The van der Waals surface area contributed by atoms with Gasteiger partial charge in [-0.25, -0.2) is 0 Å². The summed E-state index contributed by atoms with van der Waals surface area (Å²) < 4.78 is 0. The smallest absolute Gasteiger partial charge is 0.0346 e. The summed E-state index contributed by atoms with van der Waals surface area (Å²) in [5.41, 5.74) is 1.38. The lowest BCUT2D eigenvalue weighted by atomic mass is 9.80. The lowest BCUT2D eigenvalue weighted by Crippen LogP contribution is -2.36. The fraction of sp³-hybridized carbons (Fsp3) is 0.438. The first-order valence-corrected chi connectivity index (χ1v) is 6.89. The summed E-state index contributed by atoms with van der Waals surface area (Å²) in [6, 6.07) is 9.20. The molecule has 2 aromatic rings. The van der Waals surface area contributed by atoms with Gasteiger partial charge in [-0.2, -0.15) is 0 Å². The van der Waals surface area contributed by atoms with E-state index in [1.807, 2.05) is 12.4 Å². The number of fused-ring (bicyclic) bond motifs is 1. The van der Waals surface area contributed by atoms with Crippen LogP contribution in [0.5, 0.6) is 0 Å². The molecule has 1 atom stereocenters. The zero-order chi connectivity index (χ0) is 12.4. The van der Waals surface area contributed by atoms with Crippen LogP contribution in [0.15, 0.2) is 36.7 Å². The molecule has 1 unspecified atom stereocenters. The normalized spacial score (nSPS) is 17.6. The maximum atomic E-state index is 4.18. The maximum absolute atomic E-state index is 4.18. The number of rotatable bonds is 4. The van der Waals surface area contributed by atoms with Crippen molar-refractivity contribution in [2.24, 2.45) is 5.92 Å². The van der Waals surface area contributed by atoms with Crippen molar-refractivity contribution < 1.29 is 0 Å². The second kappa shape index (κ2) is 5.07. The zero-order valence-electron chi connectivity index (χ0n) is 10.9. The first-order chi connectivity index (χ1) is 8.84. The molecule has 1 aromatic heterocycles. The molecule has 18 heavy (non-hydrogen) atoms. The van der Waals surface area contributed by atoms with E-state index in [9.17, 15) is 0 Å². The predicted molar refractivity (Wildman–Crippen MR) is 75.4 cm³/mol. The molecule has 1 aliphatic carbocycles. The molecule has 0 saturated heterocycles. The Morgan fingerprint density at radius 1 is 1.33 bits per heavy atom. The third kappa shape index (κ3) is 2.25. The lowest BCUT2D eigenvalue weighted by Gasteiger charge is -2.32. The monoisotopic (exact) mass is 240 g/mol. The Morgan fingerprint density at radius 3 is 3.00 bits per heavy atom. The zero-order valence-corrected chi connectivity index (χ0v) is 10.9. The van der Waals surface area contributed by atoms with Crippen LogP contribution < -0.4 is 5.32 Å². The van der Waals surface area contributed by atoms with Gasteiger partial charge in [-0.3, -0.25) is 4.98 Å². The Labute approximate surface area is 108 Å². The number of nitrogens with one attached hydrogen (secondary N) is 1. The largest absolute Gasteiger partial charge is 0.310 e. The minimum atomic E-state index is 0.635. The number of pyridine rings is 1. The van der Waals surface area contributed by atoms with Crippen molar-refractivity contribution in [1.29, 1.82) is 0 Å². The Morgan fingerprint density at radius 2 is 2.22 bits per heavy atom. The van der Waals surface area contributed by atoms with Crippen molar-refractivity contribution in [3.05, 3.63) is 42.2 Å². The SMILES string of the molecule is CC(NCc1cccc2cnccc12)C1CCC1. The van der Waals surface area contributed by atoms with E-state index >= 15 is 0 Å². The highest BCUT2D eigenvalue weighted by Crippen LogP contribution is 2.29. The summed E-state index contributed by atoms with van der Waals surface area (Å²) in [6.07, 6.45) is 8.02. The van der Waals surface area contributed by atoms with Crippen molar-refractivity contribution >= 4 is 10.8 Å². The van der Waals surface area contributed by atoms with Crippen LogP contribution in [0.25, 0.3) is 10.8 Å². The van der Waals surface area contributed by atoms with Crippen LogP contribution in [-0.4, -0.2) is 11.0 Å². The van der Waals surface area contributed by atoms with Crippen LogP contribution in [0, 0.1) is 5.92 Å². The number of benzene rings is 1. The fourth-order valence-electron chi connectivity index (χ4n) is 2.72. The van der Waals surface area contributed by atoms with Crippen molar-refractivity contribution in [2.45, 2.75) is 38.8 Å². The molecule has 0 bridgehead atoms. The molecular weight excluding hydrogens is 220 g/mol. The van der Waals surface area contributed by atoms with E-state index in [1.54, 1.807) is 0 Å². The van der Waals surface area contributed by atoms with E-state index < -0.39 is 0 Å². The van der Waals surface area contributed by atoms with Crippen molar-refractivity contribution in [3.63, 3.8) is 0 Å². The molecule has 94 valence electrons. The Balaban J connectivity index is 1.74. The molecule has 1 N–H and O–H groups in total. The number of hydrogen-bond donors (Lipinski definition) is 1. The third-order valence-electron chi connectivity index (χ3n) is 4.24. The first kappa shape index (κ1) is 11.7. The highest BCUT2D eigenvalue weighted by atomic mass is 14.9. The van der Waals surface area contributed by atoms with Crippen LogP contribution in [0.2, 0.25) is 0 Å². The molecule has 3 rings (SSSR count). The van der Waals surface area contributed by atoms with Crippen LogP contribution in [-0.2, 0) is 6.54 Å². The highest BCUT2D eigenvalue weighted by molar-refractivity contribution is 5.84. The maximum Gasteiger partial charge on any atom is 0.0346 e. The van der Waals surface area contributed by atoms with Gasteiger partial charge in [0.25, 0.3) is 0 Å². The van der Waals surface area contributed by atoms with E-state index in [2.05, 4.69) is 41.5 Å². The van der Waals surface area contributed by atoms with Gasteiger partial charge in [-0.15, -0.1) is 0 Å². The quantitative estimate of drug-likeness (QED) is 0.884. The summed E-state index contributed by atoms with van der Waals surface area (Å²) in [5, 5.41) is 6.22. The number of hydrogen-bond acceptors (Lipinski definition) is 2. The minimum Gasteiger partial charge on any atom is -0.310 e. The van der Waals surface area contributed by atoms with Crippen LogP contribution in [0.1, 0.15) is 31.7 Å². The summed E-state index contributed by atoms with van der Waals surface area (Å²) >= 11 is 0. The average Bonchev–Trinajstić information content (AvgIpc) is 2.34. The molecule has 1 saturated carbocycles. The highest BCUT2D eigenvalue weighted by Gasteiger charge is 2.23. The fourth-order valence-corrected chi connectivity index (χ4v) is 2.72. The van der Waals surface area contributed by atoms with Gasteiger partial charge in [0, 0.05) is 30.4 Å². The molecule has 0 aliphatic heterocycles. The number of nitrogens with zero attached hydrogens (tertiary/aromatic N) is 1. The standard InChI is InChI=1S/C16H20N2/c1-12(13-4-2-5-13)18-11-15-7-3-6-14-10-17-9-8-16(14)15/h3,6-10,12-13,18H,2,4-5,11H2,1H3. The van der Waals surface area contributed by atoms with Gasteiger partial charge >= 0.3 is 0 Å². The molecule has 2 heteroatoms. The second-order valence-electron chi connectivity index (χ2n) is 5.37. The second-order valence-corrected chi connectivity index (χ2v) is 5.37. The van der Waals surface area contributed by atoms with Gasteiger partial charge in [0.05, 0.1) is 0 Å². The molecule has 1 aromatic carbocycles. The Hall–Kier alpha value is -1.41. The molecular formula is C16H20N2. The molecule has 0 radical (unpaired) electrons. The van der Waals surface area contributed by atoms with Crippen molar-refractivity contribution in [2.75, 3.05) is 0 Å². The topological polar surface area (TPSA) is 24.9 Å². The van der Waals surface area contributed by atoms with Crippen molar-refractivity contribution in [1.82, 2.24) is 10.3 Å². The summed E-state index contributed by atoms with van der Waals surface area (Å²) in [6.45, 7) is 3.27. The lowest BCUT2D eigenvalue weighted by molar-refractivity contribution is 0.240. The van der Waals surface area contributed by atoms with Crippen LogP contribution in [0.3, 0.4) is 0 Å². The van der Waals surface area contributed by atoms with Crippen molar-refractivity contribution in [3.8, 4) is 0 Å². The van der Waals surface area contributed by atoms with E-state index in [0.29, 0.717) is 6.04 Å². The van der Waals surface area contributed by atoms with Crippen LogP contribution in [0.4, 0.5) is 0 Å². The molecule has 2 nitrogen and oxygen atoms in total. The molecule has 1 heterocycles. The van der Waals surface area contributed by atoms with Gasteiger partial charge < -0.3 is 5.32 Å². The minimum absolute atomic E-state index is 0.635. The van der Waals surface area contributed by atoms with Gasteiger partial charge in [-0.05, 0) is 42.7 Å². The average molecular weight is 240 g/mol. The van der Waals surface area contributed by atoms with Gasteiger partial charge in [0.2, 0.25) is 0 Å². The number of aromatic nitrogens is 1. The Bertz CT molecular complexity index is 526. The first-order valence-electron chi connectivity index (χ1n) is 6.89. The van der Waals surface area contributed by atoms with Gasteiger partial charge in [0.1, 0.15) is 0 Å². The summed E-state index contributed by atoms with van der Waals surface area (Å²) in [4.78, 5) is 4.18. The van der Waals surface area contributed by atoms with Gasteiger partial charge in [0.15, 0.2) is 0 Å². The molecule has 0 spiro atoms. The molecule has 1 fully saturated rings. The summed E-state index contributed by atoms with van der Waals surface area (Å²) in [5.74, 6) is 0.890. The predicted octanol–water partition coefficient (Wildman–Crippen LogP) is 3.51. The third-order valence-corrected chi connectivity index (χ3v) is 4.24. The van der Waals surface area contributed by atoms with Gasteiger partial charge in [-0.1, -0.05) is 24.6 Å². The van der Waals surface area contributed by atoms with E-state index in [-0.39, 0.29) is 0 Å². The molecule has 0 amide bonds. The van der Waals surface area contributed by atoms with E-state index in [0.717, 1.165) is 12.5 Å². The van der Waals surface area contributed by atoms with E-state index in [4.69, 9.17) is 0 Å². The Kier molecular flexibility index (Phi) is 3.28. The summed E-state index contributed by atoms with van der Waals surface area (Å²) in [7, 11) is 0. The van der Waals surface area contributed by atoms with Crippen LogP contribution >= 0.6 is 0 Å². The van der Waals surface area contributed by atoms with E-state index in [1.165, 1.54) is 35.6 Å².